The molecule has 0 radical (unpaired) electrons. The van der Waals surface area contributed by atoms with Gasteiger partial charge < -0.3 is 26.5 Å². The second-order valence-electron chi connectivity index (χ2n) is 5.02. The average molecular weight is 306 g/mol. The van der Waals surface area contributed by atoms with Crippen LogP contribution in [0.15, 0.2) is 72.8 Å². The molecule has 5 heteroatoms. The van der Waals surface area contributed by atoms with Crippen molar-refractivity contribution in [2.45, 2.75) is 0 Å². The Morgan fingerprint density at radius 3 is 2.13 bits per heavy atom. The number of nitrogen functional groups attached to an aromatic ring is 2. The summed E-state index contributed by atoms with van der Waals surface area (Å²) < 4.78 is 5.70. The summed E-state index contributed by atoms with van der Waals surface area (Å²) in [6, 6.07) is 21.1. The van der Waals surface area contributed by atoms with Crippen LogP contribution in [0.4, 0.5) is 22.7 Å². The SMILES string of the molecule is Nc1ccc(N)c(N([O-])c2ccc(Oc3ccccc3)cc2)c1. The second kappa shape index (κ2) is 6.29. The molecule has 0 aliphatic heterocycles. The Balaban J connectivity index is 1.80. The molecule has 0 aromatic heterocycles. The molecule has 4 N–H and O–H groups in total. The number of rotatable bonds is 4. The number of para-hydroxylation sites is 1. The van der Waals surface area contributed by atoms with E-state index in [0.717, 1.165) is 10.8 Å². The normalized spacial score (nSPS) is 10.3. The highest BCUT2D eigenvalue weighted by Gasteiger charge is 2.05. The van der Waals surface area contributed by atoms with Crippen LogP contribution in [-0.2, 0) is 0 Å². The summed E-state index contributed by atoms with van der Waals surface area (Å²) in [6.45, 7) is 0. The van der Waals surface area contributed by atoms with E-state index in [1.807, 2.05) is 30.3 Å². The molecule has 23 heavy (non-hydrogen) atoms. The van der Waals surface area contributed by atoms with Gasteiger partial charge in [0.2, 0.25) is 0 Å². The van der Waals surface area contributed by atoms with Gasteiger partial charge in [0.05, 0.1) is 11.4 Å². The van der Waals surface area contributed by atoms with E-state index in [-0.39, 0.29) is 0 Å². The van der Waals surface area contributed by atoms with Crippen molar-refractivity contribution in [3.05, 3.63) is 78.0 Å². The highest BCUT2D eigenvalue weighted by molar-refractivity contribution is 5.78. The van der Waals surface area contributed by atoms with E-state index in [2.05, 4.69) is 0 Å². The Hall–Kier alpha value is -3.18. The van der Waals surface area contributed by atoms with Crippen molar-refractivity contribution in [3.8, 4) is 11.5 Å². The lowest BCUT2D eigenvalue weighted by Gasteiger charge is -2.32. The molecule has 0 spiro atoms. The summed E-state index contributed by atoms with van der Waals surface area (Å²) in [5, 5.41) is 13.2. The quantitative estimate of drug-likeness (QED) is 0.555. The third-order valence-corrected chi connectivity index (χ3v) is 3.32. The minimum atomic E-state index is 0.321. The van der Waals surface area contributed by atoms with Gasteiger partial charge in [-0.1, -0.05) is 18.2 Å². The van der Waals surface area contributed by atoms with Crippen molar-refractivity contribution < 1.29 is 4.74 Å². The van der Waals surface area contributed by atoms with Crippen LogP contribution in [-0.4, -0.2) is 0 Å². The number of nitrogens with two attached hydrogens (primary N) is 2. The lowest BCUT2D eigenvalue weighted by molar-refractivity contribution is 0.483. The minimum absolute atomic E-state index is 0.321. The van der Waals surface area contributed by atoms with Gasteiger partial charge in [-0.2, -0.15) is 0 Å². The lowest BCUT2D eigenvalue weighted by atomic mass is 10.2. The van der Waals surface area contributed by atoms with Crippen molar-refractivity contribution in [1.29, 1.82) is 0 Å². The van der Waals surface area contributed by atoms with E-state index in [9.17, 15) is 5.21 Å². The van der Waals surface area contributed by atoms with Crippen molar-refractivity contribution in [2.75, 3.05) is 16.5 Å². The molecule has 5 nitrogen and oxygen atoms in total. The molecule has 0 amide bonds. The third-order valence-electron chi connectivity index (χ3n) is 3.32. The van der Waals surface area contributed by atoms with E-state index in [1.54, 1.807) is 42.5 Å². The molecule has 3 rings (SSSR count). The van der Waals surface area contributed by atoms with E-state index >= 15 is 0 Å². The predicted octanol–water partition coefficient (Wildman–Crippen LogP) is 4.28. The fourth-order valence-electron chi connectivity index (χ4n) is 2.15. The highest BCUT2D eigenvalue weighted by Crippen LogP contribution is 2.32. The van der Waals surface area contributed by atoms with Crippen molar-refractivity contribution in [2.24, 2.45) is 0 Å². The maximum atomic E-state index is 12.4. The van der Waals surface area contributed by atoms with E-state index in [0.29, 0.717) is 28.5 Å². The van der Waals surface area contributed by atoms with Crippen LogP contribution in [0.5, 0.6) is 11.5 Å². The molecule has 0 saturated heterocycles. The topological polar surface area (TPSA) is 87.6 Å². The van der Waals surface area contributed by atoms with Gasteiger partial charge in [-0.3, -0.25) is 0 Å². The van der Waals surface area contributed by atoms with E-state index in [1.165, 1.54) is 0 Å². The molecule has 0 aliphatic carbocycles. The summed E-state index contributed by atoms with van der Waals surface area (Å²) in [5.74, 6) is 1.38. The molecule has 0 atom stereocenters. The zero-order chi connectivity index (χ0) is 16.2. The lowest BCUT2D eigenvalue weighted by Crippen LogP contribution is -2.09. The summed E-state index contributed by atoms with van der Waals surface area (Å²) in [5.41, 5.74) is 13.2. The number of nitrogens with zero attached hydrogens (tertiary/aromatic N) is 1. The van der Waals surface area contributed by atoms with Gasteiger partial charge in [-0.05, 0) is 54.6 Å². The number of hydrogen-bond donors (Lipinski definition) is 2. The van der Waals surface area contributed by atoms with Crippen LogP contribution in [0.2, 0.25) is 0 Å². The van der Waals surface area contributed by atoms with Crippen molar-refractivity contribution >= 4 is 22.7 Å². The zero-order valence-electron chi connectivity index (χ0n) is 12.3. The Morgan fingerprint density at radius 2 is 1.43 bits per heavy atom. The first-order valence-corrected chi connectivity index (χ1v) is 7.09. The summed E-state index contributed by atoms with van der Waals surface area (Å²) in [4.78, 5) is 0. The monoisotopic (exact) mass is 306 g/mol. The Labute approximate surface area is 134 Å². The van der Waals surface area contributed by atoms with E-state index in [4.69, 9.17) is 16.2 Å². The minimum Gasteiger partial charge on any atom is -0.754 e. The highest BCUT2D eigenvalue weighted by atomic mass is 16.5. The Kier molecular flexibility index (Phi) is 4.03. The van der Waals surface area contributed by atoms with Crippen LogP contribution in [0.3, 0.4) is 0 Å². The standard InChI is InChI=1S/C18H16N3O2/c19-13-6-11-17(20)18(12-13)21(22)14-7-9-16(10-8-14)23-15-4-2-1-3-5-15/h1-12H,19-20H2/q-1. The van der Waals surface area contributed by atoms with Crippen LogP contribution in [0.1, 0.15) is 0 Å². The largest absolute Gasteiger partial charge is 0.754 e. The summed E-state index contributed by atoms with van der Waals surface area (Å²) >= 11 is 0. The van der Waals surface area contributed by atoms with Gasteiger partial charge in [0.25, 0.3) is 0 Å². The number of ether oxygens (including phenoxy) is 1. The number of benzene rings is 3. The van der Waals surface area contributed by atoms with Gasteiger partial charge in [0.15, 0.2) is 0 Å². The molecular formula is C18H16N3O2-. The van der Waals surface area contributed by atoms with Crippen LogP contribution >= 0.6 is 0 Å². The molecule has 116 valence electrons. The molecule has 0 aliphatic rings. The Morgan fingerprint density at radius 1 is 0.783 bits per heavy atom. The van der Waals surface area contributed by atoms with Gasteiger partial charge >= 0.3 is 0 Å². The first kappa shape index (κ1) is 14.7. The molecule has 0 bridgehead atoms. The molecule has 0 unspecified atom stereocenters. The smallest absolute Gasteiger partial charge is 0.127 e. The maximum Gasteiger partial charge on any atom is 0.127 e. The number of hydrogen-bond acceptors (Lipinski definition) is 5. The van der Waals surface area contributed by atoms with Gasteiger partial charge in [-0.15, -0.1) is 0 Å². The summed E-state index contributed by atoms with van der Waals surface area (Å²) in [6.07, 6.45) is 0. The van der Waals surface area contributed by atoms with Crippen LogP contribution < -0.4 is 21.3 Å². The van der Waals surface area contributed by atoms with Gasteiger partial charge in [-0.25, -0.2) is 0 Å². The first-order chi connectivity index (χ1) is 11.1. The first-order valence-electron chi connectivity index (χ1n) is 7.09. The fraction of sp³-hybridized carbons (Fsp3) is 0. The third kappa shape index (κ3) is 3.36. The molecular weight excluding hydrogens is 290 g/mol. The van der Waals surface area contributed by atoms with Gasteiger partial charge in [0, 0.05) is 11.4 Å². The van der Waals surface area contributed by atoms with E-state index < -0.39 is 0 Å². The van der Waals surface area contributed by atoms with Crippen molar-refractivity contribution in [1.82, 2.24) is 0 Å². The van der Waals surface area contributed by atoms with Crippen molar-refractivity contribution in [3.63, 3.8) is 0 Å². The second-order valence-corrected chi connectivity index (χ2v) is 5.02. The van der Waals surface area contributed by atoms with Crippen LogP contribution in [0.25, 0.3) is 0 Å². The predicted molar refractivity (Wildman–Crippen MR) is 93.7 cm³/mol. The fourth-order valence-corrected chi connectivity index (χ4v) is 2.15. The molecule has 0 heterocycles. The molecule has 0 fully saturated rings. The Bertz CT molecular complexity index is 789. The number of anilines is 4. The zero-order valence-corrected chi connectivity index (χ0v) is 12.3. The molecule has 0 saturated carbocycles. The maximum absolute atomic E-state index is 12.4. The van der Waals surface area contributed by atoms with Gasteiger partial charge in [0.1, 0.15) is 11.5 Å². The molecule has 3 aromatic carbocycles. The average Bonchev–Trinajstić information content (AvgIpc) is 2.58. The molecule has 3 aromatic rings. The summed E-state index contributed by atoms with van der Waals surface area (Å²) in [7, 11) is 0. The van der Waals surface area contributed by atoms with Crippen LogP contribution in [0, 0.1) is 5.21 Å².